The Hall–Kier alpha value is -2.18. The van der Waals surface area contributed by atoms with Crippen LogP contribution in [0.4, 0.5) is 0 Å². The predicted octanol–water partition coefficient (Wildman–Crippen LogP) is 2.60. The molecule has 3 fully saturated rings. The number of piperidine rings is 2. The molecule has 0 aliphatic carbocycles. The molecule has 5 rings (SSSR count). The number of nitrogens with one attached hydrogen (secondary N) is 1. The normalized spacial score (nSPS) is 25.3. The van der Waals surface area contributed by atoms with Crippen LogP contribution in [0.3, 0.4) is 0 Å². The number of carbonyl (C=O) groups is 2. The molecule has 12 heteroatoms. The van der Waals surface area contributed by atoms with Crippen LogP contribution in [0.5, 0.6) is 0 Å². The quantitative estimate of drug-likeness (QED) is 0.521. The Morgan fingerprint density at radius 3 is 2.68 bits per heavy atom. The van der Waals surface area contributed by atoms with Gasteiger partial charge in [-0.15, -0.1) is 0 Å². The van der Waals surface area contributed by atoms with Crippen molar-refractivity contribution in [2.45, 2.75) is 48.5 Å². The summed E-state index contributed by atoms with van der Waals surface area (Å²) in [4.78, 5) is 32.4. The first-order valence-electron chi connectivity index (χ1n) is 12.9. The molecule has 0 saturated carbocycles. The van der Waals surface area contributed by atoms with Crippen molar-refractivity contribution in [3.05, 3.63) is 29.3 Å². The minimum Gasteiger partial charge on any atom is -0.384 e. The van der Waals surface area contributed by atoms with Crippen LogP contribution in [0.2, 0.25) is 5.02 Å². The Bertz CT molecular complexity index is 1320. The molecule has 3 saturated heterocycles. The van der Waals surface area contributed by atoms with Crippen LogP contribution in [0.1, 0.15) is 32.1 Å². The molecule has 0 radical (unpaired) electrons. The number of carbonyl (C=O) groups excluding carboxylic acids is 2. The highest BCUT2D eigenvalue weighted by Gasteiger charge is 2.60. The lowest BCUT2D eigenvalue weighted by atomic mass is 9.89. The first kappa shape index (κ1) is 27.4. The van der Waals surface area contributed by atoms with Gasteiger partial charge in [0.2, 0.25) is 11.8 Å². The molecule has 1 spiro atoms. The molecule has 1 aromatic carbocycles. The number of hydrogen-bond donors (Lipinski definition) is 1. The van der Waals surface area contributed by atoms with Crippen LogP contribution in [0.15, 0.2) is 29.3 Å². The first-order valence-corrected chi connectivity index (χ1v) is 14.9. The van der Waals surface area contributed by atoms with Crippen molar-refractivity contribution in [3.8, 4) is 0 Å². The molecule has 4 heterocycles. The minimum absolute atomic E-state index is 0.0459. The Labute approximate surface area is 227 Å². The predicted molar refractivity (Wildman–Crippen MR) is 141 cm³/mol. The monoisotopic (exact) mass is 567 g/mol. The molecule has 1 aromatic heterocycles. The number of aromatic amines is 1. The van der Waals surface area contributed by atoms with Gasteiger partial charge in [-0.3, -0.25) is 9.59 Å². The van der Waals surface area contributed by atoms with E-state index < -0.39 is 27.1 Å². The molecule has 0 bridgehead atoms. The maximum atomic E-state index is 13.4. The average Bonchev–Trinajstić information content (AvgIpc) is 3.43. The molecule has 208 valence electrons. The van der Waals surface area contributed by atoms with E-state index in [0.29, 0.717) is 67.8 Å². The summed E-state index contributed by atoms with van der Waals surface area (Å²) in [6.45, 7) is 2.02. The van der Waals surface area contributed by atoms with Crippen LogP contribution in [0, 0.1) is 5.92 Å². The number of halogens is 1. The third-order valence-corrected chi connectivity index (χ3v) is 10.0. The Morgan fingerprint density at radius 1 is 1.21 bits per heavy atom. The standard InChI is InChI=1S/C26H34ClN3O7S/c1-35-10-5-23(31)29-8-6-25(7-9-29)16-30-24(32)11-18(14-26(30,37-25)17-36-2)15-38(33,34)22-13-19-12-20(27)3-4-21(19)28-22/h3-4,12-13,18,28H,5-11,14-17H2,1-2H3. The second kappa shape index (κ2) is 10.4. The zero-order valence-electron chi connectivity index (χ0n) is 21.7. The number of hydrogen-bond acceptors (Lipinski definition) is 7. The van der Waals surface area contributed by atoms with Crippen LogP contribution in [-0.4, -0.2) is 99.2 Å². The number of rotatable bonds is 8. The van der Waals surface area contributed by atoms with Gasteiger partial charge in [-0.1, -0.05) is 11.6 Å². The van der Waals surface area contributed by atoms with Gasteiger partial charge in [-0.25, -0.2) is 8.42 Å². The summed E-state index contributed by atoms with van der Waals surface area (Å²) in [6.07, 6.45) is 2.01. The molecule has 3 aliphatic heterocycles. The number of H-pyrrole nitrogens is 1. The van der Waals surface area contributed by atoms with Gasteiger partial charge >= 0.3 is 0 Å². The zero-order chi connectivity index (χ0) is 27.1. The third kappa shape index (κ3) is 5.19. The Morgan fingerprint density at radius 2 is 1.97 bits per heavy atom. The fourth-order valence-corrected chi connectivity index (χ4v) is 7.98. The minimum atomic E-state index is -3.71. The summed E-state index contributed by atoms with van der Waals surface area (Å²) < 4.78 is 44.0. The molecule has 2 atom stereocenters. The molecule has 2 unspecified atom stereocenters. The summed E-state index contributed by atoms with van der Waals surface area (Å²) in [5.74, 6) is -0.701. The van der Waals surface area contributed by atoms with Gasteiger partial charge in [-0.05, 0) is 43.0 Å². The van der Waals surface area contributed by atoms with E-state index in [0.717, 1.165) is 0 Å². The second-order valence-corrected chi connectivity index (χ2v) is 13.1. The van der Waals surface area contributed by atoms with Gasteiger partial charge in [-0.2, -0.15) is 0 Å². The van der Waals surface area contributed by atoms with Crippen molar-refractivity contribution in [2.75, 3.05) is 52.8 Å². The van der Waals surface area contributed by atoms with Crippen LogP contribution >= 0.6 is 11.6 Å². The Kier molecular flexibility index (Phi) is 7.51. The van der Waals surface area contributed by atoms with E-state index in [9.17, 15) is 18.0 Å². The number of sulfone groups is 1. The van der Waals surface area contributed by atoms with Crippen LogP contribution < -0.4 is 0 Å². The fourth-order valence-electron chi connectivity index (χ4n) is 6.20. The summed E-state index contributed by atoms with van der Waals surface area (Å²) in [7, 11) is -0.581. The highest BCUT2D eigenvalue weighted by molar-refractivity contribution is 7.91. The molecule has 10 nitrogen and oxygen atoms in total. The topological polar surface area (TPSA) is 118 Å². The van der Waals surface area contributed by atoms with Gasteiger partial charge < -0.3 is 29.0 Å². The highest BCUT2D eigenvalue weighted by Crippen LogP contribution is 2.47. The number of fused-ring (bicyclic) bond motifs is 2. The molecule has 2 amide bonds. The number of benzene rings is 1. The first-order chi connectivity index (χ1) is 18.1. The van der Waals surface area contributed by atoms with Crippen LogP contribution in [0.25, 0.3) is 10.9 Å². The molecule has 1 N–H and O–H groups in total. The van der Waals surface area contributed by atoms with Crippen LogP contribution in [-0.2, 0) is 33.6 Å². The lowest BCUT2D eigenvalue weighted by Gasteiger charge is -2.44. The Balaban J connectivity index is 1.32. The van der Waals surface area contributed by atoms with Gasteiger partial charge in [0.25, 0.3) is 0 Å². The molecular formula is C26H34ClN3O7S. The SMILES string of the molecule is COCCC(=O)N1CCC2(CC1)CN1C(=O)CC(CS(=O)(=O)c3cc4cc(Cl)ccc4[nH]3)CC1(COC)O2. The van der Waals surface area contributed by atoms with Crippen molar-refractivity contribution in [1.82, 2.24) is 14.8 Å². The van der Waals surface area contributed by atoms with Crippen molar-refractivity contribution in [1.29, 1.82) is 0 Å². The smallest absolute Gasteiger partial charge is 0.225 e. The van der Waals surface area contributed by atoms with Crippen molar-refractivity contribution in [3.63, 3.8) is 0 Å². The summed E-state index contributed by atoms with van der Waals surface area (Å²) >= 11 is 6.06. The molecular weight excluding hydrogens is 534 g/mol. The van der Waals surface area contributed by atoms with E-state index in [2.05, 4.69) is 4.98 Å². The maximum Gasteiger partial charge on any atom is 0.225 e. The van der Waals surface area contributed by atoms with Gasteiger partial charge in [0.1, 0.15) is 5.03 Å². The highest BCUT2D eigenvalue weighted by atomic mass is 35.5. The van der Waals surface area contributed by atoms with E-state index in [1.165, 1.54) is 0 Å². The number of amides is 2. The number of likely N-dealkylation sites (tertiary alicyclic amines) is 1. The maximum absolute atomic E-state index is 13.4. The van der Waals surface area contributed by atoms with Crippen molar-refractivity contribution < 1.29 is 32.2 Å². The number of nitrogens with zero attached hydrogens (tertiary/aromatic N) is 2. The van der Waals surface area contributed by atoms with E-state index in [1.54, 1.807) is 43.4 Å². The summed E-state index contributed by atoms with van der Waals surface area (Å²) in [6, 6.07) is 6.74. The second-order valence-electron chi connectivity index (χ2n) is 10.7. The number of ether oxygens (including phenoxy) is 3. The summed E-state index contributed by atoms with van der Waals surface area (Å²) in [5.41, 5.74) is -0.931. The lowest BCUT2D eigenvalue weighted by Crippen LogP contribution is -2.57. The number of methoxy groups -OCH3 is 2. The van der Waals surface area contributed by atoms with E-state index in [4.69, 9.17) is 25.8 Å². The molecule has 2 aromatic rings. The zero-order valence-corrected chi connectivity index (χ0v) is 23.3. The fraction of sp³-hybridized carbons (Fsp3) is 0.615. The van der Waals surface area contributed by atoms with Crippen molar-refractivity contribution >= 4 is 44.2 Å². The van der Waals surface area contributed by atoms with E-state index >= 15 is 0 Å². The molecule has 3 aliphatic rings. The third-order valence-electron chi connectivity index (χ3n) is 7.98. The summed E-state index contributed by atoms with van der Waals surface area (Å²) in [5, 5.41) is 1.35. The van der Waals surface area contributed by atoms with E-state index in [-0.39, 0.29) is 35.6 Å². The number of aromatic nitrogens is 1. The van der Waals surface area contributed by atoms with Gasteiger partial charge in [0.05, 0.1) is 37.5 Å². The van der Waals surface area contributed by atoms with E-state index in [1.807, 2.05) is 4.90 Å². The average molecular weight is 568 g/mol. The van der Waals surface area contributed by atoms with Crippen molar-refractivity contribution in [2.24, 2.45) is 5.92 Å². The largest absolute Gasteiger partial charge is 0.384 e. The lowest BCUT2D eigenvalue weighted by molar-refractivity contribution is -0.201. The van der Waals surface area contributed by atoms with Gasteiger partial charge in [0, 0.05) is 56.1 Å². The van der Waals surface area contributed by atoms with Gasteiger partial charge in [0.15, 0.2) is 15.6 Å². The molecule has 38 heavy (non-hydrogen) atoms.